The van der Waals surface area contributed by atoms with Gasteiger partial charge in [-0.25, -0.2) is 0 Å². The summed E-state index contributed by atoms with van der Waals surface area (Å²) < 4.78 is 0. The number of oxime groups is 1. The molecule has 5 heteroatoms. The molecular weight excluding hydrogens is 187 g/mol. The van der Waals surface area contributed by atoms with E-state index in [9.17, 15) is 0 Å². The molecule has 0 unspecified atom stereocenters. The number of nitrogens with one attached hydrogen (secondary N) is 1. The van der Waals surface area contributed by atoms with Gasteiger partial charge in [0.25, 0.3) is 0 Å². The van der Waals surface area contributed by atoms with Gasteiger partial charge in [0, 0.05) is 6.72 Å². The van der Waals surface area contributed by atoms with Crippen LogP contribution in [-0.2, 0) is 4.84 Å². The molecule has 0 aromatic carbocycles. The average Bonchev–Trinajstić information content (AvgIpc) is 1.91. The third-order valence-electron chi connectivity index (χ3n) is 1.51. The van der Waals surface area contributed by atoms with E-state index in [1.807, 2.05) is 0 Å². The number of hydrogen-bond donors (Lipinski definition) is 1. The number of hydrogen-bond acceptors (Lipinski definition) is 3. The molecule has 1 N–H and O–H groups in total. The standard InChI is InChI=1S/C6H12N2O.2ClH/c1-7-9-6-2-4-8-5-3-6;;/h6,8H,1-5H2;2*1H. The largest absolute Gasteiger partial charge is 0.393 e. The molecule has 1 saturated heterocycles. The molecule has 0 atom stereocenters. The quantitative estimate of drug-likeness (QED) is 0.538. The van der Waals surface area contributed by atoms with Crippen LogP contribution in [-0.4, -0.2) is 25.9 Å². The van der Waals surface area contributed by atoms with Gasteiger partial charge in [-0.1, -0.05) is 0 Å². The molecule has 1 aliphatic rings. The van der Waals surface area contributed by atoms with Crippen molar-refractivity contribution >= 4 is 31.5 Å². The monoisotopic (exact) mass is 200 g/mol. The highest BCUT2D eigenvalue weighted by molar-refractivity contribution is 5.85. The van der Waals surface area contributed by atoms with E-state index >= 15 is 0 Å². The molecule has 11 heavy (non-hydrogen) atoms. The van der Waals surface area contributed by atoms with Crippen molar-refractivity contribution in [1.29, 1.82) is 0 Å². The Bertz CT molecular complexity index is 96.6. The van der Waals surface area contributed by atoms with Crippen LogP contribution in [0.25, 0.3) is 0 Å². The number of rotatable bonds is 2. The fraction of sp³-hybridized carbons (Fsp3) is 0.833. The molecule has 3 nitrogen and oxygen atoms in total. The highest BCUT2D eigenvalue weighted by Crippen LogP contribution is 2.06. The van der Waals surface area contributed by atoms with Crippen LogP contribution in [0.2, 0.25) is 0 Å². The lowest BCUT2D eigenvalue weighted by Crippen LogP contribution is -2.31. The molecule has 1 rings (SSSR count). The van der Waals surface area contributed by atoms with E-state index in [1.54, 1.807) is 0 Å². The minimum absolute atomic E-state index is 0. The van der Waals surface area contributed by atoms with Crippen molar-refractivity contribution in [1.82, 2.24) is 5.32 Å². The second-order valence-electron chi connectivity index (χ2n) is 2.18. The summed E-state index contributed by atoms with van der Waals surface area (Å²) in [6.45, 7) is 5.35. The first kappa shape index (κ1) is 13.6. The predicted octanol–water partition coefficient (Wildman–Crippen LogP) is 1.21. The first-order valence-electron chi connectivity index (χ1n) is 3.26. The van der Waals surface area contributed by atoms with Crippen molar-refractivity contribution in [3.05, 3.63) is 0 Å². The summed E-state index contributed by atoms with van der Waals surface area (Å²) in [6, 6.07) is 0. The van der Waals surface area contributed by atoms with Crippen LogP contribution in [0.15, 0.2) is 5.16 Å². The number of nitrogens with zero attached hydrogens (tertiary/aromatic N) is 1. The van der Waals surface area contributed by atoms with Crippen LogP contribution in [0.5, 0.6) is 0 Å². The Balaban J connectivity index is 0. The fourth-order valence-corrected chi connectivity index (χ4v) is 1.01. The maximum Gasteiger partial charge on any atom is 0.129 e. The van der Waals surface area contributed by atoms with Gasteiger partial charge in [-0.05, 0) is 25.9 Å². The van der Waals surface area contributed by atoms with Crippen LogP contribution in [0.4, 0.5) is 0 Å². The smallest absolute Gasteiger partial charge is 0.129 e. The molecule has 0 aromatic heterocycles. The van der Waals surface area contributed by atoms with E-state index in [0.29, 0.717) is 6.10 Å². The molecule has 0 radical (unpaired) electrons. The highest BCUT2D eigenvalue weighted by atomic mass is 35.5. The lowest BCUT2D eigenvalue weighted by atomic mass is 10.1. The van der Waals surface area contributed by atoms with Crippen molar-refractivity contribution in [2.75, 3.05) is 13.1 Å². The minimum atomic E-state index is 0. The Hall–Kier alpha value is 0.01000. The maximum absolute atomic E-state index is 4.96. The second-order valence-corrected chi connectivity index (χ2v) is 2.18. The van der Waals surface area contributed by atoms with Crippen molar-refractivity contribution in [2.45, 2.75) is 18.9 Å². The molecular formula is C6H14Cl2N2O. The van der Waals surface area contributed by atoms with Crippen LogP contribution >= 0.6 is 24.8 Å². The maximum atomic E-state index is 4.96. The molecule has 68 valence electrons. The molecule has 1 aliphatic heterocycles. The van der Waals surface area contributed by atoms with Gasteiger partial charge in [0.15, 0.2) is 0 Å². The summed E-state index contributed by atoms with van der Waals surface area (Å²) in [5.74, 6) is 0. The minimum Gasteiger partial charge on any atom is -0.393 e. The van der Waals surface area contributed by atoms with E-state index < -0.39 is 0 Å². The summed E-state index contributed by atoms with van der Waals surface area (Å²) in [5.41, 5.74) is 0. The molecule has 1 heterocycles. The summed E-state index contributed by atoms with van der Waals surface area (Å²) in [4.78, 5) is 4.96. The van der Waals surface area contributed by atoms with Gasteiger partial charge in [0.05, 0.1) is 0 Å². The fourth-order valence-electron chi connectivity index (χ4n) is 1.01. The topological polar surface area (TPSA) is 33.6 Å². The number of halogens is 2. The third kappa shape index (κ3) is 5.30. The molecule has 0 saturated carbocycles. The Kier molecular flexibility index (Phi) is 10.0. The molecule has 0 aliphatic carbocycles. The van der Waals surface area contributed by atoms with Gasteiger partial charge in [0.1, 0.15) is 6.10 Å². The lowest BCUT2D eigenvalue weighted by Gasteiger charge is -2.19. The first-order valence-corrected chi connectivity index (χ1v) is 3.26. The van der Waals surface area contributed by atoms with Crippen molar-refractivity contribution in [2.24, 2.45) is 5.16 Å². The van der Waals surface area contributed by atoms with E-state index in [2.05, 4.69) is 17.2 Å². The highest BCUT2D eigenvalue weighted by Gasteiger charge is 2.12. The van der Waals surface area contributed by atoms with Gasteiger partial charge < -0.3 is 10.2 Å². The predicted molar refractivity (Wildman–Crippen MR) is 51.0 cm³/mol. The summed E-state index contributed by atoms with van der Waals surface area (Å²) in [6.07, 6.45) is 2.42. The molecule has 0 amide bonds. The zero-order valence-corrected chi connectivity index (χ0v) is 7.92. The Morgan fingerprint density at radius 3 is 2.27 bits per heavy atom. The zero-order chi connectivity index (χ0) is 6.53. The van der Waals surface area contributed by atoms with Crippen LogP contribution in [0, 0.1) is 0 Å². The molecule has 0 spiro atoms. The van der Waals surface area contributed by atoms with Crippen molar-refractivity contribution < 1.29 is 4.84 Å². The van der Waals surface area contributed by atoms with Crippen LogP contribution in [0.3, 0.4) is 0 Å². The van der Waals surface area contributed by atoms with E-state index in [4.69, 9.17) is 4.84 Å². The second kappa shape index (κ2) is 8.11. The Labute approximate surface area is 79.4 Å². The van der Waals surface area contributed by atoms with E-state index in [-0.39, 0.29) is 24.8 Å². The van der Waals surface area contributed by atoms with Crippen molar-refractivity contribution in [3.8, 4) is 0 Å². The molecule has 0 bridgehead atoms. The normalized spacial score (nSPS) is 17.5. The van der Waals surface area contributed by atoms with Crippen LogP contribution in [0.1, 0.15) is 12.8 Å². The Morgan fingerprint density at radius 1 is 1.27 bits per heavy atom. The zero-order valence-electron chi connectivity index (χ0n) is 6.28. The SMILES string of the molecule is C=NOC1CCNCC1.Cl.Cl. The summed E-state index contributed by atoms with van der Waals surface area (Å²) in [7, 11) is 0. The Morgan fingerprint density at radius 2 is 1.82 bits per heavy atom. The summed E-state index contributed by atoms with van der Waals surface area (Å²) >= 11 is 0. The molecule has 0 aromatic rings. The van der Waals surface area contributed by atoms with Gasteiger partial charge in [-0.3, -0.25) is 0 Å². The molecule has 1 fully saturated rings. The third-order valence-corrected chi connectivity index (χ3v) is 1.51. The van der Waals surface area contributed by atoms with E-state index in [1.165, 1.54) is 0 Å². The van der Waals surface area contributed by atoms with E-state index in [0.717, 1.165) is 25.9 Å². The van der Waals surface area contributed by atoms with Crippen LogP contribution < -0.4 is 5.32 Å². The number of piperidine rings is 1. The first-order chi connectivity index (χ1) is 4.43. The van der Waals surface area contributed by atoms with Gasteiger partial charge in [0.2, 0.25) is 0 Å². The van der Waals surface area contributed by atoms with Gasteiger partial charge in [-0.15, -0.1) is 30.0 Å². The van der Waals surface area contributed by atoms with Crippen molar-refractivity contribution in [3.63, 3.8) is 0 Å². The van der Waals surface area contributed by atoms with Gasteiger partial charge >= 0.3 is 0 Å². The lowest BCUT2D eigenvalue weighted by molar-refractivity contribution is 0.0395. The summed E-state index contributed by atoms with van der Waals surface area (Å²) in [5, 5.41) is 6.61. The average molecular weight is 201 g/mol. The van der Waals surface area contributed by atoms with Gasteiger partial charge in [-0.2, -0.15) is 0 Å².